The van der Waals surface area contributed by atoms with Gasteiger partial charge in [-0.2, -0.15) is 13.2 Å². The molecule has 1 amide bonds. The van der Waals surface area contributed by atoms with Crippen LogP contribution >= 0.6 is 0 Å². The molecule has 0 bridgehead atoms. The number of ether oxygens (including phenoxy) is 3. The van der Waals surface area contributed by atoms with E-state index in [0.717, 1.165) is 12.7 Å². The number of carbonyl (C=O) groups is 2. The summed E-state index contributed by atoms with van der Waals surface area (Å²) < 4.78 is 59.2. The first-order valence-corrected chi connectivity index (χ1v) is 10.1. The number of alkyl halides is 3. The minimum atomic E-state index is -4.96. The Morgan fingerprint density at radius 1 is 1.16 bits per heavy atom. The first-order valence-electron chi connectivity index (χ1n) is 10.1. The topological polar surface area (TPSA) is 73.9 Å². The quantitative estimate of drug-likeness (QED) is 0.491. The van der Waals surface area contributed by atoms with Gasteiger partial charge in [0, 0.05) is 12.0 Å². The average Bonchev–Trinajstić information content (AvgIpc) is 2.81. The lowest BCUT2D eigenvalue weighted by Gasteiger charge is -2.46. The standard InChI is InChI=1S/C23H24F3NO5/c1-30-21(29)20(27-15-28)19-14-18(13-12-16-8-4-2-5-9-16)31-22(32-19,23(24,25)26)17-10-6-3-7-11-17/h2-11,15,18-20H,12-14H2,1H3,(H,27,28)/t18?,19?,20?,22-/m1/s1. The fourth-order valence-corrected chi connectivity index (χ4v) is 3.80. The van der Waals surface area contributed by atoms with E-state index < -0.39 is 36.2 Å². The molecule has 0 aliphatic carbocycles. The van der Waals surface area contributed by atoms with E-state index in [1.165, 1.54) is 24.3 Å². The highest BCUT2D eigenvalue weighted by atomic mass is 19.4. The molecular weight excluding hydrogens is 427 g/mol. The maximum absolute atomic E-state index is 14.5. The fraction of sp³-hybridized carbons (Fsp3) is 0.391. The Hall–Kier alpha value is -2.91. The number of amides is 1. The SMILES string of the molecule is COC(=O)C(NC=O)C1CC(CCc2ccccc2)O[C@@](c2ccccc2)(C(F)(F)F)O1. The molecular formula is C23H24F3NO5. The highest BCUT2D eigenvalue weighted by Gasteiger charge is 2.64. The molecule has 32 heavy (non-hydrogen) atoms. The molecule has 1 heterocycles. The molecule has 172 valence electrons. The Labute approximate surface area is 183 Å². The number of methoxy groups -OCH3 is 1. The summed E-state index contributed by atoms with van der Waals surface area (Å²) in [6.07, 6.45) is -6.29. The van der Waals surface area contributed by atoms with Crippen LogP contribution in [0.4, 0.5) is 13.2 Å². The number of nitrogens with one attached hydrogen (secondary N) is 1. The summed E-state index contributed by atoms with van der Waals surface area (Å²) >= 11 is 0. The van der Waals surface area contributed by atoms with E-state index in [4.69, 9.17) is 9.47 Å². The van der Waals surface area contributed by atoms with Crippen LogP contribution in [-0.2, 0) is 36.0 Å². The maximum atomic E-state index is 14.5. The van der Waals surface area contributed by atoms with Crippen molar-refractivity contribution in [1.82, 2.24) is 5.32 Å². The molecule has 1 saturated heterocycles. The molecule has 0 radical (unpaired) electrons. The number of halogens is 3. The highest BCUT2D eigenvalue weighted by Crippen LogP contribution is 2.49. The van der Waals surface area contributed by atoms with Crippen LogP contribution < -0.4 is 5.32 Å². The van der Waals surface area contributed by atoms with Crippen LogP contribution in [0.2, 0.25) is 0 Å². The van der Waals surface area contributed by atoms with Crippen molar-refractivity contribution in [3.63, 3.8) is 0 Å². The number of rotatable bonds is 8. The minimum Gasteiger partial charge on any atom is -0.467 e. The van der Waals surface area contributed by atoms with E-state index in [9.17, 15) is 22.8 Å². The monoisotopic (exact) mass is 451 g/mol. The van der Waals surface area contributed by atoms with Crippen molar-refractivity contribution >= 4 is 12.4 Å². The van der Waals surface area contributed by atoms with Crippen LogP contribution in [0.15, 0.2) is 60.7 Å². The lowest BCUT2D eigenvalue weighted by atomic mass is 9.94. The average molecular weight is 451 g/mol. The predicted octanol–water partition coefficient (Wildman–Crippen LogP) is 3.50. The van der Waals surface area contributed by atoms with E-state index in [2.05, 4.69) is 10.1 Å². The number of esters is 1. The van der Waals surface area contributed by atoms with Gasteiger partial charge in [-0.1, -0.05) is 60.7 Å². The van der Waals surface area contributed by atoms with E-state index in [-0.39, 0.29) is 24.8 Å². The largest absolute Gasteiger partial charge is 0.467 e. The highest BCUT2D eigenvalue weighted by molar-refractivity contribution is 5.78. The Morgan fingerprint density at radius 3 is 2.34 bits per heavy atom. The van der Waals surface area contributed by atoms with Crippen LogP contribution in [0, 0.1) is 0 Å². The first-order chi connectivity index (χ1) is 15.3. The van der Waals surface area contributed by atoms with Gasteiger partial charge in [0.1, 0.15) is 0 Å². The molecule has 9 heteroatoms. The fourth-order valence-electron chi connectivity index (χ4n) is 3.80. The van der Waals surface area contributed by atoms with Gasteiger partial charge in [-0.05, 0) is 18.4 Å². The summed E-state index contributed by atoms with van der Waals surface area (Å²) in [4.78, 5) is 23.3. The lowest BCUT2D eigenvalue weighted by Crippen LogP contribution is -2.60. The smallest absolute Gasteiger partial charge is 0.448 e. The van der Waals surface area contributed by atoms with Crippen LogP contribution in [0.5, 0.6) is 0 Å². The van der Waals surface area contributed by atoms with Crippen LogP contribution in [0.25, 0.3) is 0 Å². The molecule has 0 aromatic heterocycles. The Bertz CT molecular complexity index is 894. The molecule has 0 saturated carbocycles. The van der Waals surface area contributed by atoms with Crippen LogP contribution in [0.3, 0.4) is 0 Å². The van der Waals surface area contributed by atoms with Crippen molar-refractivity contribution in [2.75, 3.05) is 7.11 Å². The van der Waals surface area contributed by atoms with Gasteiger partial charge in [-0.3, -0.25) is 4.79 Å². The lowest BCUT2D eigenvalue weighted by molar-refractivity contribution is -0.436. The van der Waals surface area contributed by atoms with Crippen molar-refractivity contribution in [2.24, 2.45) is 0 Å². The molecule has 2 aromatic rings. The van der Waals surface area contributed by atoms with Gasteiger partial charge in [0.05, 0.1) is 19.3 Å². The second kappa shape index (κ2) is 10.1. The van der Waals surface area contributed by atoms with Gasteiger partial charge in [0.15, 0.2) is 6.04 Å². The number of benzene rings is 2. The number of hydrogen-bond acceptors (Lipinski definition) is 5. The van der Waals surface area contributed by atoms with Gasteiger partial charge in [-0.25, -0.2) is 4.79 Å². The van der Waals surface area contributed by atoms with E-state index in [1.54, 1.807) is 6.07 Å². The molecule has 3 rings (SSSR count). The van der Waals surface area contributed by atoms with Gasteiger partial charge in [0.2, 0.25) is 6.41 Å². The summed E-state index contributed by atoms with van der Waals surface area (Å²) in [6, 6.07) is 14.8. The summed E-state index contributed by atoms with van der Waals surface area (Å²) in [5.41, 5.74) is 0.684. The summed E-state index contributed by atoms with van der Waals surface area (Å²) in [5.74, 6) is -4.01. The Kier molecular flexibility index (Phi) is 7.52. The molecule has 1 aliphatic rings. The Balaban J connectivity index is 1.99. The zero-order chi connectivity index (χ0) is 23.2. The molecule has 1 aliphatic heterocycles. The molecule has 6 nitrogen and oxygen atoms in total. The van der Waals surface area contributed by atoms with E-state index in [1.807, 2.05) is 30.3 Å². The Morgan fingerprint density at radius 2 is 1.78 bits per heavy atom. The molecule has 2 aromatic carbocycles. The number of hydrogen-bond donors (Lipinski definition) is 1. The summed E-state index contributed by atoms with van der Waals surface area (Å²) in [7, 11) is 1.09. The summed E-state index contributed by atoms with van der Waals surface area (Å²) in [6.45, 7) is 0. The molecule has 1 N–H and O–H groups in total. The second-order valence-corrected chi connectivity index (χ2v) is 7.42. The third-order valence-corrected chi connectivity index (χ3v) is 5.34. The first kappa shape index (κ1) is 23.7. The summed E-state index contributed by atoms with van der Waals surface area (Å²) in [5, 5.41) is 2.24. The molecule has 0 spiro atoms. The number of aryl methyl sites for hydroxylation is 1. The third kappa shape index (κ3) is 5.11. The van der Waals surface area contributed by atoms with Crippen molar-refractivity contribution in [2.45, 2.75) is 49.5 Å². The molecule has 3 unspecified atom stereocenters. The molecule has 1 fully saturated rings. The third-order valence-electron chi connectivity index (χ3n) is 5.34. The normalized spacial score (nSPS) is 24.4. The van der Waals surface area contributed by atoms with Gasteiger partial charge in [-0.15, -0.1) is 0 Å². The van der Waals surface area contributed by atoms with Crippen molar-refractivity contribution in [3.8, 4) is 0 Å². The van der Waals surface area contributed by atoms with Gasteiger partial charge < -0.3 is 19.5 Å². The van der Waals surface area contributed by atoms with E-state index in [0.29, 0.717) is 6.42 Å². The predicted molar refractivity (Wildman–Crippen MR) is 108 cm³/mol. The second-order valence-electron chi connectivity index (χ2n) is 7.42. The van der Waals surface area contributed by atoms with Crippen LogP contribution in [0.1, 0.15) is 24.0 Å². The number of carbonyl (C=O) groups excluding carboxylic acids is 2. The maximum Gasteiger partial charge on any atom is 0.448 e. The van der Waals surface area contributed by atoms with Crippen molar-refractivity contribution < 1.29 is 37.0 Å². The van der Waals surface area contributed by atoms with Crippen molar-refractivity contribution in [3.05, 3.63) is 71.8 Å². The zero-order valence-electron chi connectivity index (χ0n) is 17.4. The minimum absolute atomic E-state index is 0.0435. The van der Waals surface area contributed by atoms with E-state index >= 15 is 0 Å². The van der Waals surface area contributed by atoms with Crippen molar-refractivity contribution in [1.29, 1.82) is 0 Å². The van der Waals surface area contributed by atoms with Crippen LogP contribution in [-0.4, -0.2) is 43.9 Å². The zero-order valence-corrected chi connectivity index (χ0v) is 17.4. The molecule has 4 atom stereocenters. The van der Waals surface area contributed by atoms with Gasteiger partial charge >= 0.3 is 12.1 Å². The van der Waals surface area contributed by atoms with Gasteiger partial charge in [0.25, 0.3) is 5.79 Å².